The van der Waals surface area contributed by atoms with Crippen LogP contribution in [0.25, 0.3) is 10.6 Å². The Bertz CT molecular complexity index is 735. The Morgan fingerprint density at radius 2 is 1.92 bits per heavy atom. The van der Waals surface area contributed by atoms with Gasteiger partial charge in [0.2, 0.25) is 5.91 Å². The summed E-state index contributed by atoms with van der Waals surface area (Å²) in [6.07, 6.45) is 1.61. The summed E-state index contributed by atoms with van der Waals surface area (Å²) in [5.74, 6) is -1.01. The first-order chi connectivity index (χ1) is 11.8. The Labute approximate surface area is 152 Å². The van der Waals surface area contributed by atoms with Gasteiger partial charge in [0.15, 0.2) is 0 Å². The lowest BCUT2D eigenvalue weighted by Crippen LogP contribution is -2.44. The van der Waals surface area contributed by atoms with Gasteiger partial charge in [0.25, 0.3) is 0 Å². The third kappa shape index (κ3) is 5.98. The lowest BCUT2D eigenvalue weighted by molar-refractivity contribution is -0.137. The molecular formula is C19H24N2O3S. The maximum atomic E-state index is 12.2. The van der Waals surface area contributed by atoms with Crippen LogP contribution < -0.4 is 5.32 Å². The van der Waals surface area contributed by atoms with Gasteiger partial charge in [0.1, 0.15) is 5.01 Å². The van der Waals surface area contributed by atoms with Crippen LogP contribution in [-0.2, 0) is 22.4 Å². The Hall–Kier alpha value is -2.21. The van der Waals surface area contributed by atoms with Gasteiger partial charge in [-0.1, -0.05) is 31.2 Å². The second-order valence-electron chi connectivity index (χ2n) is 6.70. The SMILES string of the molecule is CCc1ccc(-c2nc(CC(=O)NC(C)(C)CCC(=O)O)cs2)cc1. The summed E-state index contributed by atoms with van der Waals surface area (Å²) in [6.45, 7) is 5.78. The fourth-order valence-electron chi connectivity index (χ4n) is 2.47. The summed E-state index contributed by atoms with van der Waals surface area (Å²) in [6, 6.07) is 8.29. The third-order valence-electron chi connectivity index (χ3n) is 3.94. The van der Waals surface area contributed by atoms with Crippen molar-refractivity contribution in [3.05, 3.63) is 40.9 Å². The molecule has 0 aliphatic rings. The van der Waals surface area contributed by atoms with E-state index in [1.807, 2.05) is 19.2 Å². The third-order valence-corrected chi connectivity index (χ3v) is 4.88. The van der Waals surface area contributed by atoms with E-state index >= 15 is 0 Å². The van der Waals surface area contributed by atoms with E-state index in [0.717, 1.165) is 22.7 Å². The van der Waals surface area contributed by atoms with Crippen molar-refractivity contribution < 1.29 is 14.7 Å². The normalized spacial score (nSPS) is 11.3. The van der Waals surface area contributed by atoms with Crippen LogP contribution in [0.15, 0.2) is 29.6 Å². The number of carboxylic acid groups (broad SMARTS) is 1. The molecule has 25 heavy (non-hydrogen) atoms. The number of nitrogens with one attached hydrogen (secondary N) is 1. The van der Waals surface area contributed by atoms with Crippen LogP contribution in [0.5, 0.6) is 0 Å². The number of carboxylic acids is 1. The molecular weight excluding hydrogens is 336 g/mol. The molecule has 0 radical (unpaired) electrons. The maximum absolute atomic E-state index is 12.2. The highest BCUT2D eigenvalue weighted by molar-refractivity contribution is 7.13. The predicted octanol–water partition coefficient (Wildman–Crippen LogP) is 3.67. The standard InChI is InChI=1S/C19H24N2O3S/c1-4-13-5-7-14(8-6-13)18-20-15(12-25-18)11-16(22)21-19(2,3)10-9-17(23)24/h5-8,12H,4,9-11H2,1-3H3,(H,21,22)(H,23,24). The van der Waals surface area contributed by atoms with Crippen LogP contribution in [0.4, 0.5) is 0 Å². The highest BCUT2D eigenvalue weighted by Gasteiger charge is 2.22. The number of amides is 1. The van der Waals surface area contributed by atoms with Crippen molar-refractivity contribution in [1.82, 2.24) is 10.3 Å². The monoisotopic (exact) mass is 360 g/mol. The van der Waals surface area contributed by atoms with Crippen LogP contribution >= 0.6 is 11.3 Å². The number of carbonyl (C=O) groups excluding carboxylic acids is 1. The molecule has 2 aromatic rings. The van der Waals surface area contributed by atoms with Gasteiger partial charge in [0, 0.05) is 22.9 Å². The van der Waals surface area contributed by atoms with Crippen LogP contribution in [-0.4, -0.2) is 27.5 Å². The van der Waals surface area contributed by atoms with Gasteiger partial charge >= 0.3 is 5.97 Å². The van der Waals surface area contributed by atoms with Gasteiger partial charge in [-0.15, -0.1) is 11.3 Å². The first kappa shape index (κ1) is 19.1. The molecule has 134 valence electrons. The Morgan fingerprint density at radius 3 is 2.52 bits per heavy atom. The molecule has 1 aromatic carbocycles. The van der Waals surface area contributed by atoms with E-state index in [0.29, 0.717) is 6.42 Å². The Kier molecular flexibility index (Phi) is 6.31. The van der Waals surface area contributed by atoms with E-state index in [2.05, 4.69) is 41.5 Å². The largest absolute Gasteiger partial charge is 0.481 e. The van der Waals surface area contributed by atoms with Crippen LogP contribution in [0, 0.1) is 0 Å². The van der Waals surface area contributed by atoms with Crippen LogP contribution in [0.2, 0.25) is 0 Å². The number of aliphatic carboxylic acids is 1. The number of benzene rings is 1. The average molecular weight is 360 g/mol. The van der Waals surface area contributed by atoms with Gasteiger partial charge in [-0.05, 0) is 32.3 Å². The fourth-order valence-corrected chi connectivity index (χ4v) is 3.30. The first-order valence-electron chi connectivity index (χ1n) is 8.35. The summed E-state index contributed by atoms with van der Waals surface area (Å²) >= 11 is 1.52. The molecule has 2 N–H and O–H groups in total. The average Bonchev–Trinajstić information content (AvgIpc) is 3.01. The van der Waals surface area contributed by atoms with Crippen molar-refractivity contribution in [1.29, 1.82) is 0 Å². The molecule has 0 unspecified atom stereocenters. The molecule has 0 spiro atoms. The van der Waals surface area contributed by atoms with Crippen molar-refractivity contribution in [3.8, 4) is 10.6 Å². The smallest absolute Gasteiger partial charge is 0.303 e. The highest BCUT2D eigenvalue weighted by Crippen LogP contribution is 2.24. The van der Waals surface area contributed by atoms with Gasteiger partial charge in [-0.25, -0.2) is 4.98 Å². The molecule has 0 saturated heterocycles. The second kappa shape index (κ2) is 8.25. The van der Waals surface area contributed by atoms with Gasteiger partial charge in [0.05, 0.1) is 12.1 Å². The summed E-state index contributed by atoms with van der Waals surface area (Å²) in [4.78, 5) is 27.4. The molecule has 0 bridgehead atoms. The number of hydrogen-bond donors (Lipinski definition) is 2. The summed E-state index contributed by atoms with van der Waals surface area (Å²) < 4.78 is 0. The highest BCUT2D eigenvalue weighted by atomic mass is 32.1. The lowest BCUT2D eigenvalue weighted by atomic mass is 9.98. The Balaban J connectivity index is 1.95. The number of hydrogen-bond acceptors (Lipinski definition) is 4. The second-order valence-corrected chi connectivity index (χ2v) is 7.56. The van der Waals surface area contributed by atoms with Crippen LogP contribution in [0.1, 0.15) is 44.9 Å². The lowest BCUT2D eigenvalue weighted by Gasteiger charge is -2.25. The van der Waals surface area contributed by atoms with E-state index in [1.165, 1.54) is 16.9 Å². The molecule has 6 heteroatoms. The molecule has 0 atom stereocenters. The van der Waals surface area contributed by atoms with E-state index in [9.17, 15) is 9.59 Å². The van der Waals surface area contributed by atoms with Gasteiger partial charge < -0.3 is 10.4 Å². The molecule has 1 amide bonds. The van der Waals surface area contributed by atoms with Crippen LogP contribution in [0.3, 0.4) is 0 Å². The molecule has 0 aliphatic heterocycles. The fraction of sp³-hybridized carbons (Fsp3) is 0.421. The molecule has 1 aromatic heterocycles. The van der Waals surface area contributed by atoms with Crippen molar-refractivity contribution in [3.63, 3.8) is 0 Å². The number of carbonyl (C=O) groups is 2. The minimum absolute atomic E-state index is 0.0296. The zero-order valence-corrected chi connectivity index (χ0v) is 15.7. The molecule has 1 heterocycles. The number of rotatable bonds is 8. The van der Waals surface area contributed by atoms with E-state index < -0.39 is 11.5 Å². The van der Waals surface area contributed by atoms with E-state index in [1.54, 1.807) is 0 Å². The molecule has 0 aliphatic carbocycles. The number of aryl methyl sites for hydroxylation is 1. The topological polar surface area (TPSA) is 79.3 Å². The summed E-state index contributed by atoms with van der Waals surface area (Å²) in [5.41, 5.74) is 2.51. The van der Waals surface area contributed by atoms with Crippen molar-refractivity contribution in [2.75, 3.05) is 0 Å². The zero-order chi connectivity index (χ0) is 18.4. The van der Waals surface area contributed by atoms with Crippen molar-refractivity contribution in [2.45, 2.75) is 52.0 Å². The van der Waals surface area contributed by atoms with E-state index in [4.69, 9.17) is 5.11 Å². The van der Waals surface area contributed by atoms with Crippen molar-refractivity contribution >= 4 is 23.2 Å². The minimum Gasteiger partial charge on any atom is -0.481 e. The zero-order valence-electron chi connectivity index (χ0n) is 14.8. The van der Waals surface area contributed by atoms with E-state index in [-0.39, 0.29) is 18.7 Å². The van der Waals surface area contributed by atoms with Gasteiger partial charge in [-0.2, -0.15) is 0 Å². The Morgan fingerprint density at radius 1 is 1.24 bits per heavy atom. The molecule has 2 rings (SSSR count). The number of nitrogens with zero attached hydrogens (tertiary/aromatic N) is 1. The number of aromatic nitrogens is 1. The maximum Gasteiger partial charge on any atom is 0.303 e. The minimum atomic E-state index is -0.861. The molecule has 0 saturated carbocycles. The summed E-state index contributed by atoms with van der Waals surface area (Å²) in [7, 11) is 0. The molecule has 5 nitrogen and oxygen atoms in total. The molecule has 0 fully saturated rings. The van der Waals surface area contributed by atoms with Crippen molar-refractivity contribution in [2.24, 2.45) is 0 Å². The van der Waals surface area contributed by atoms with Gasteiger partial charge in [-0.3, -0.25) is 9.59 Å². The quantitative estimate of drug-likeness (QED) is 0.753. The summed E-state index contributed by atoms with van der Waals surface area (Å²) in [5, 5.41) is 14.4. The first-order valence-corrected chi connectivity index (χ1v) is 9.23. The number of thiazole rings is 1. The predicted molar refractivity (Wildman–Crippen MR) is 99.7 cm³/mol.